The van der Waals surface area contributed by atoms with Gasteiger partial charge < -0.3 is 5.32 Å². The van der Waals surface area contributed by atoms with E-state index in [2.05, 4.69) is 43.8 Å². The molecule has 0 rings (SSSR count). The van der Waals surface area contributed by atoms with E-state index >= 15 is 0 Å². The van der Waals surface area contributed by atoms with Gasteiger partial charge >= 0.3 is 0 Å². The molecule has 1 amide bonds. The van der Waals surface area contributed by atoms with Crippen molar-refractivity contribution in [1.29, 1.82) is 0 Å². The zero-order valence-corrected chi connectivity index (χ0v) is 16.9. The monoisotopic (exact) mass is 451 g/mol. The number of ketones is 1. The number of hydrogen-bond donors (Lipinski definition) is 1. The summed E-state index contributed by atoms with van der Waals surface area (Å²) >= 11 is 12.7. The van der Waals surface area contributed by atoms with Gasteiger partial charge in [-0.25, -0.2) is 0 Å². The lowest BCUT2D eigenvalue weighted by Crippen LogP contribution is -2.27. The topological polar surface area (TPSA) is 46.2 Å². The van der Waals surface area contributed by atoms with Crippen molar-refractivity contribution in [2.24, 2.45) is 0 Å². The highest BCUT2D eigenvalue weighted by atomic mass is 79.9. The summed E-state index contributed by atoms with van der Waals surface area (Å²) in [4.78, 5) is 23.5. The van der Waals surface area contributed by atoms with Crippen molar-refractivity contribution < 1.29 is 9.59 Å². The molecule has 0 aliphatic carbocycles. The van der Waals surface area contributed by atoms with Gasteiger partial charge in [0.2, 0.25) is 5.91 Å². The second kappa shape index (κ2) is 11.0. The first-order valence-electron chi connectivity index (χ1n) is 6.61. The Morgan fingerprint density at radius 3 is 2.27 bits per heavy atom. The molecule has 6 heteroatoms. The average molecular weight is 454 g/mol. The summed E-state index contributed by atoms with van der Waals surface area (Å²) in [7, 11) is 0. The van der Waals surface area contributed by atoms with Crippen molar-refractivity contribution in [2.45, 2.75) is 27.2 Å². The fraction of sp³-hybridized carbons (Fsp3) is 0.375. The molecule has 0 saturated carbocycles. The Labute approximate surface area is 153 Å². The van der Waals surface area contributed by atoms with Crippen LogP contribution in [0, 0.1) is 0 Å². The molecule has 0 bridgehead atoms. The summed E-state index contributed by atoms with van der Waals surface area (Å²) in [5, 5.41) is 3.75. The van der Waals surface area contributed by atoms with Gasteiger partial charge in [0.1, 0.15) is 5.78 Å². The quantitative estimate of drug-likeness (QED) is 0.327. The van der Waals surface area contributed by atoms with E-state index in [1.807, 2.05) is 13.0 Å². The fourth-order valence-electron chi connectivity index (χ4n) is 1.67. The van der Waals surface area contributed by atoms with Crippen LogP contribution in [-0.2, 0) is 9.59 Å². The number of nitrogens with one attached hydrogen (secondary N) is 1. The van der Waals surface area contributed by atoms with E-state index in [-0.39, 0.29) is 11.7 Å². The average Bonchev–Trinajstić information content (AvgIpc) is 2.46. The van der Waals surface area contributed by atoms with Crippen LogP contribution in [0.25, 0.3) is 0 Å². The van der Waals surface area contributed by atoms with Gasteiger partial charge in [0, 0.05) is 28.9 Å². The number of halogens is 3. The number of Topliss-reactive ketones (excluding diaryl/α,β-unsaturated/α-hetero) is 1. The summed E-state index contributed by atoms with van der Waals surface area (Å²) in [5.41, 5.74) is 2.17. The Bertz CT molecular complexity index is 544. The van der Waals surface area contributed by atoms with Crippen LogP contribution in [0.4, 0.5) is 0 Å². The van der Waals surface area contributed by atoms with Gasteiger partial charge in [-0.3, -0.25) is 9.59 Å². The van der Waals surface area contributed by atoms with Crippen LogP contribution in [0.15, 0.2) is 45.0 Å². The number of alkyl halides is 1. The van der Waals surface area contributed by atoms with E-state index in [4.69, 9.17) is 11.6 Å². The molecule has 1 N–H and O–H groups in total. The van der Waals surface area contributed by atoms with Gasteiger partial charge in [0.15, 0.2) is 0 Å². The molecule has 122 valence electrons. The molecule has 3 nitrogen and oxygen atoms in total. The number of rotatable bonds is 8. The molecule has 0 aliphatic heterocycles. The standard InChI is InChI=1S/C16H20Br2ClNO2/c1-5-15(19)11(3)16(22)20-9-13(6-7-17)14(12(4)18)8-10(2)21/h5-6H,1,7-9H2,2-4H3,(H,20,22)/b13-6-,14-12+,15-11-. The molecule has 0 fully saturated rings. The first-order chi connectivity index (χ1) is 10.2. The summed E-state index contributed by atoms with van der Waals surface area (Å²) in [6, 6.07) is 0. The predicted molar refractivity (Wildman–Crippen MR) is 101 cm³/mol. The fourth-order valence-corrected chi connectivity index (χ4v) is 2.54. The third-order valence-electron chi connectivity index (χ3n) is 2.87. The molecule has 0 aromatic rings. The SMILES string of the molecule is C=C/C(Cl)=C(\C)C(=O)NCC(=C/CBr)/C(CC(C)=O)=C(\C)Br. The Kier molecular flexibility index (Phi) is 10.6. The van der Waals surface area contributed by atoms with Gasteiger partial charge in [-0.15, -0.1) is 0 Å². The van der Waals surface area contributed by atoms with Gasteiger partial charge in [-0.2, -0.15) is 0 Å². The summed E-state index contributed by atoms with van der Waals surface area (Å²) in [5.74, 6) is -0.203. The van der Waals surface area contributed by atoms with Gasteiger partial charge in [0.05, 0.1) is 0 Å². The predicted octanol–water partition coefficient (Wildman–Crippen LogP) is 4.77. The molecule has 0 aromatic heterocycles. The normalized spacial score (nSPS) is 14.0. The number of carbonyl (C=O) groups is 2. The minimum absolute atomic E-state index is 0.0615. The Morgan fingerprint density at radius 1 is 1.27 bits per heavy atom. The number of amides is 1. The molecule has 0 spiro atoms. The number of hydrogen-bond acceptors (Lipinski definition) is 2. The maximum absolute atomic E-state index is 12.0. The van der Waals surface area contributed by atoms with Crippen molar-refractivity contribution in [3.8, 4) is 0 Å². The van der Waals surface area contributed by atoms with Crippen LogP contribution < -0.4 is 5.32 Å². The molecule has 0 saturated heterocycles. The van der Waals surface area contributed by atoms with Crippen LogP contribution in [0.5, 0.6) is 0 Å². The molecule has 0 aliphatic rings. The maximum atomic E-state index is 12.0. The second-order valence-electron chi connectivity index (χ2n) is 4.63. The molecule has 0 heterocycles. The third-order valence-corrected chi connectivity index (χ3v) is 4.11. The Morgan fingerprint density at radius 2 is 1.86 bits per heavy atom. The molecular weight excluding hydrogens is 433 g/mol. The lowest BCUT2D eigenvalue weighted by atomic mass is 10.00. The Balaban J connectivity index is 5.21. The second-order valence-corrected chi connectivity index (χ2v) is 6.88. The van der Waals surface area contributed by atoms with Crippen molar-refractivity contribution in [3.05, 3.63) is 45.0 Å². The summed E-state index contributed by atoms with van der Waals surface area (Å²) in [6.45, 7) is 8.90. The first kappa shape index (κ1) is 21.4. The highest BCUT2D eigenvalue weighted by molar-refractivity contribution is 9.11. The van der Waals surface area contributed by atoms with Crippen molar-refractivity contribution in [3.63, 3.8) is 0 Å². The van der Waals surface area contributed by atoms with Crippen LogP contribution >= 0.6 is 43.5 Å². The molecule has 0 aromatic carbocycles. The molecule has 0 atom stereocenters. The summed E-state index contributed by atoms with van der Waals surface area (Å²) < 4.78 is 0.875. The minimum Gasteiger partial charge on any atom is -0.348 e. The van der Waals surface area contributed by atoms with Crippen LogP contribution in [-0.4, -0.2) is 23.6 Å². The molecular formula is C16H20Br2ClNO2. The largest absolute Gasteiger partial charge is 0.348 e. The van der Waals surface area contributed by atoms with E-state index < -0.39 is 0 Å². The lowest BCUT2D eigenvalue weighted by Gasteiger charge is -2.14. The van der Waals surface area contributed by atoms with Crippen molar-refractivity contribution in [1.82, 2.24) is 5.32 Å². The van der Waals surface area contributed by atoms with Crippen LogP contribution in [0.1, 0.15) is 27.2 Å². The van der Waals surface area contributed by atoms with Gasteiger partial charge in [0.25, 0.3) is 0 Å². The van der Waals surface area contributed by atoms with Crippen molar-refractivity contribution in [2.75, 3.05) is 11.9 Å². The van der Waals surface area contributed by atoms with Crippen LogP contribution in [0.3, 0.4) is 0 Å². The highest BCUT2D eigenvalue weighted by Crippen LogP contribution is 2.23. The minimum atomic E-state index is -0.264. The zero-order chi connectivity index (χ0) is 17.3. The smallest absolute Gasteiger partial charge is 0.248 e. The Hall–Kier alpha value is -0.650. The molecule has 22 heavy (non-hydrogen) atoms. The first-order valence-corrected chi connectivity index (χ1v) is 8.90. The lowest BCUT2D eigenvalue weighted by molar-refractivity contribution is -0.117. The van der Waals surface area contributed by atoms with Gasteiger partial charge in [-0.05, 0) is 36.4 Å². The zero-order valence-electron chi connectivity index (χ0n) is 12.9. The van der Waals surface area contributed by atoms with Gasteiger partial charge in [-0.1, -0.05) is 62.2 Å². The maximum Gasteiger partial charge on any atom is 0.248 e. The number of carbonyl (C=O) groups excluding carboxylic acids is 2. The molecule has 0 radical (unpaired) electrons. The van der Waals surface area contributed by atoms with E-state index in [0.717, 1.165) is 15.6 Å². The van der Waals surface area contributed by atoms with E-state index in [1.165, 1.54) is 13.0 Å². The van der Waals surface area contributed by atoms with E-state index in [9.17, 15) is 9.59 Å². The third kappa shape index (κ3) is 7.56. The van der Waals surface area contributed by atoms with E-state index in [1.54, 1.807) is 6.92 Å². The van der Waals surface area contributed by atoms with Crippen molar-refractivity contribution >= 4 is 55.2 Å². The van der Waals surface area contributed by atoms with E-state index in [0.29, 0.717) is 28.9 Å². The summed E-state index contributed by atoms with van der Waals surface area (Å²) in [6.07, 6.45) is 3.67. The van der Waals surface area contributed by atoms with Crippen LogP contribution in [0.2, 0.25) is 0 Å². The highest BCUT2D eigenvalue weighted by Gasteiger charge is 2.13. The molecule has 0 unspecified atom stereocenters. The number of allylic oxidation sites excluding steroid dienone is 4.